The summed E-state index contributed by atoms with van der Waals surface area (Å²) >= 11 is 0. The van der Waals surface area contributed by atoms with E-state index in [1.54, 1.807) is 0 Å². The topological polar surface area (TPSA) is 53.1 Å². The predicted molar refractivity (Wildman–Crippen MR) is 68.5 cm³/mol. The van der Waals surface area contributed by atoms with Crippen molar-refractivity contribution < 1.29 is 13.2 Å². The third-order valence-electron chi connectivity index (χ3n) is 3.25. The van der Waals surface area contributed by atoms with Crippen molar-refractivity contribution in [2.75, 3.05) is 18.5 Å². The Bertz CT molecular complexity index is 492. The van der Waals surface area contributed by atoms with Gasteiger partial charge in [0.15, 0.2) is 0 Å². The predicted octanol–water partition coefficient (Wildman–Crippen LogP) is 2.84. The van der Waals surface area contributed by atoms with Crippen LogP contribution in [0.15, 0.2) is 18.2 Å². The van der Waals surface area contributed by atoms with Gasteiger partial charge in [0.2, 0.25) is 0 Å². The lowest BCUT2D eigenvalue weighted by Crippen LogP contribution is -2.25. The molecule has 0 aliphatic heterocycles. The summed E-state index contributed by atoms with van der Waals surface area (Å²) in [6.45, 7) is 0.783. The van der Waals surface area contributed by atoms with Crippen LogP contribution in [0.5, 0.6) is 0 Å². The smallest absolute Gasteiger partial charge is 0.384 e. The summed E-state index contributed by atoms with van der Waals surface area (Å²) < 4.78 is 38.0. The number of anilines is 1. The first-order valence-electron chi connectivity index (χ1n) is 6.06. The molecule has 1 fully saturated rings. The summed E-state index contributed by atoms with van der Waals surface area (Å²) in [6.07, 6.45) is -2.11. The largest absolute Gasteiger partial charge is 0.416 e. The van der Waals surface area contributed by atoms with Gasteiger partial charge in [0.05, 0.1) is 5.56 Å². The van der Waals surface area contributed by atoms with Gasteiger partial charge in [-0.05, 0) is 37.0 Å². The molecule has 0 saturated heterocycles. The van der Waals surface area contributed by atoms with Gasteiger partial charge in [0.1, 0.15) is 5.84 Å². The summed E-state index contributed by atoms with van der Waals surface area (Å²) in [5.74, 6) is 0.260. The fourth-order valence-electron chi connectivity index (χ4n) is 2.05. The van der Waals surface area contributed by atoms with Crippen LogP contribution in [0.25, 0.3) is 0 Å². The first-order chi connectivity index (χ1) is 8.79. The SMILES string of the molecule is CN(CC1CC1)c1ccc(C(F)(F)F)cc1C(=N)N. The molecule has 19 heavy (non-hydrogen) atoms. The van der Waals surface area contributed by atoms with Gasteiger partial charge < -0.3 is 10.6 Å². The van der Waals surface area contributed by atoms with Crippen molar-refractivity contribution in [3.8, 4) is 0 Å². The van der Waals surface area contributed by atoms with Crippen LogP contribution in [0.1, 0.15) is 24.0 Å². The lowest BCUT2D eigenvalue weighted by Gasteiger charge is -2.23. The van der Waals surface area contributed by atoms with E-state index >= 15 is 0 Å². The van der Waals surface area contributed by atoms with Gasteiger partial charge in [0.25, 0.3) is 0 Å². The van der Waals surface area contributed by atoms with Crippen molar-refractivity contribution in [2.45, 2.75) is 19.0 Å². The Morgan fingerprint density at radius 1 is 1.42 bits per heavy atom. The number of hydrogen-bond acceptors (Lipinski definition) is 2. The van der Waals surface area contributed by atoms with Gasteiger partial charge in [-0.3, -0.25) is 5.41 Å². The second kappa shape index (κ2) is 4.75. The summed E-state index contributed by atoms with van der Waals surface area (Å²) in [6, 6.07) is 3.37. The van der Waals surface area contributed by atoms with Crippen molar-refractivity contribution >= 4 is 11.5 Å². The molecule has 2 rings (SSSR count). The van der Waals surface area contributed by atoms with Crippen LogP contribution in [0.3, 0.4) is 0 Å². The molecule has 0 aromatic heterocycles. The summed E-state index contributed by atoms with van der Waals surface area (Å²) in [4.78, 5) is 1.87. The van der Waals surface area contributed by atoms with E-state index in [4.69, 9.17) is 11.1 Å². The van der Waals surface area contributed by atoms with Crippen LogP contribution in [0, 0.1) is 11.3 Å². The standard InChI is InChI=1S/C13H16F3N3/c1-19(7-8-2-3-8)11-5-4-9(13(14,15)16)6-10(11)12(17)18/h4-6,8H,2-3,7H2,1H3,(H3,17,18). The maximum atomic E-state index is 12.7. The third kappa shape index (κ3) is 3.19. The fraction of sp³-hybridized carbons (Fsp3) is 0.462. The van der Waals surface area contributed by atoms with Crippen molar-refractivity contribution in [3.63, 3.8) is 0 Å². The monoisotopic (exact) mass is 271 g/mol. The Morgan fingerprint density at radius 2 is 2.05 bits per heavy atom. The number of halogens is 3. The highest BCUT2D eigenvalue weighted by molar-refractivity contribution is 6.00. The average molecular weight is 271 g/mol. The molecule has 3 N–H and O–H groups in total. The quantitative estimate of drug-likeness (QED) is 0.653. The van der Waals surface area contributed by atoms with Crippen LogP contribution in [0.4, 0.5) is 18.9 Å². The van der Waals surface area contributed by atoms with Crippen molar-refractivity contribution in [1.82, 2.24) is 0 Å². The van der Waals surface area contributed by atoms with Gasteiger partial charge in [-0.25, -0.2) is 0 Å². The molecular formula is C13H16F3N3. The Labute approximate surface area is 109 Å². The number of nitrogen functional groups attached to an aromatic ring is 1. The fourth-order valence-corrected chi connectivity index (χ4v) is 2.05. The number of hydrogen-bond donors (Lipinski definition) is 2. The summed E-state index contributed by atoms with van der Waals surface area (Å²) in [5.41, 5.74) is 5.34. The lowest BCUT2D eigenvalue weighted by atomic mass is 10.1. The first kappa shape index (κ1) is 13.7. The Hall–Kier alpha value is -1.72. The van der Waals surface area contributed by atoms with Gasteiger partial charge in [-0.15, -0.1) is 0 Å². The molecule has 0 radical (unpaired) electrons. The molecule has 1 aliphatic carbocycles. The zero-order chi connectivity index (χ0) is 14.2. The molecule has 6 heteroatoms. The molecule has 0 spiro atoms. The van der Waals surface area contributed by atoms with Gasteiger partial charge in [-0.1, -0.05) is 0 Å². The maximum absolute atomic E-state index is 12.7. The van der Waals surface area contributed by atoms with Gasteiger partial charge >= 0.3 is 6.18 Å². The van der Waals surface area contributed by atoms with E-state index in [-0.39, 0.29) is 11.4 Å². The molecule has 3 nitrogen and oxygen atoms in total. The van der Waals surface area contributed by atoms with Crippen LogP contribution in [-0.2, 0) is 6.18 Å². The Balaban J connectivity index is 2.34. The first-order valence-corrected chi connectivity index (χ1v) is 6.06. The normalized spacial score (nSPS) is 15.4. The molecule has 104 valence electrons. The van der Waals surface area contributed by atoms with E-state index in [0.29, 0.717) is 11.6 Å². The second-order valence-corrected chi connectivity index (χ2v) is 4.97. The molecular weight excluding hydrogens is 255 g/mol. The molecule has 0 amide bonds. The van der Waals surface area contributed by atoms with Crippen LogP contribution in [-0.4, -0.2) is 19.4 Å². The van der Waals surface area contributed by atoms with Crippen molar-refractivity contribution in [1.29, 1.82) is 5.41 Å². The third-order valence-corrected chi connectivity index (χ3v) is 3.25. The molecule has 1 saturated carbocycles. The molecule has 1 aromatic rings. The van der Waals surface area contributed by atoms with Crippen LogP contribution < -0.4 is 10.6 Å². The highest BCUT2D eigenvalue weighted by Gasteiger charge is 2.32. The molecule has 0 unspecified atom stereocenters. The van der Waals surface area contributed by atoms with Crippen molar-refractivity contribution in [3.05, 3.63) is 29.3 Å². The number of alkyl halides is 3. The molecule has 1 aromatic carbocycles. The van der Waals surface area contributed by atoms with Crippen molar-refractivity contribution in [2.24, 2.45) is 11.7 Å². The van der Waals surface area contributed by atoms with E-state index in [1.165, 1.54) is 6.07 Å². The molecule has 0 atom stereocenters. The average Bonchev–Trinajstić information content (AvgIpc) is 3.10. The van der Waals surface area contributed by atoms with Gasteiger partial charge in [0, 0.05) is 24.8 Å². The number of nitrogens with two attached hydrogens (primary N) is 1. The number of amidine groups is 1. The molecule has 1 aliphatic rings. The lowest BCUT2D eigenvalue weighted by molar-refractivity contribution is -0.137. The summed E-state index contributed by atoms with van der Waals surface area (Å²) in [7, 11) is 1.81. The number of nitrogens with zero attached hydrogens (tertiary/aromatic N) is 1. The number of nitrogens with one attached hydrogen (secondary N) is 1. The Kier molecular flexibility index (Phi) is 3.43. The van der Waals surface area contributed by atoms with E-state index in [1.807, 2.05) is 11.9 Å². The number of benzene rings is 1. The zero-order valence-corrected chi connectivity index (χ0v) is 10.6. The highest BCUT2D eigenvalue weighted by atomic mass is 19.4. The minimum Gasteiger partial charge on any atom is -0.384 e. The second-order valence-electron chi connectivity index (χ2n) is 4.97. The molecule has 0 bridgehead atoms. The van der Waals surface area contributed by atoms with Gasteiger partial charge in [-0.2, -0.15) is 13.2 Å². The maximum Gasteiger partial charge on any atom is 0.416 e. The van der Waals surface area contributed by atoms with Crippen LogP contribution in [0.2, 0.25) is 0 Å². The summed E-state index contributed by atoms with van der Waals surface area (Å²) in [5, 5.41) is 7.45. The van der Waals surface area contributed by atoms with E-state index in [2.05, 4.69) is 0 Å². The zero-order valence-electron chi connectivity index (χ0n) is 10.6. The highest BCUT2D eigenvalue weighted by Crippen LogP contribution is 2.35. The Morgan fingerprint density at radius 3 is 2.53 bits per heavy atom. The number of rotatable bonds is 4. The minimum absolute atomic E-state index is 0.137. The minimum atomic E-state index is -4.42. The van der Waals surface area contributed by atoms with E-state index < -0.39 is 11.7 Å². The van der Waals surface area contributed by atoms with Crippen LogP contribution >= 0.6 is 0 Å². The van der Waals surface area contributed by atoms with E-state index in [0.717, 1.165) is 31.5 Å². The van der Waals surface area contributed by atoms with E-state index in [9.17, 15) is 13.2 Å². The molecule has 0 heterocycles.